The molecule has 0 spiro atoms. The van der Waals surface area contributed by atoms with Crippen LogP contribution >= 0.6 is 11.3 Å². The van der Waals surface area contributed by atoms with E-state index >= 15 is 0 Å². The molecule has 0 amide bonds. The van der Waals surface area contributed by atoms with Crippen molar-refractivity contribution in [3.63, 3.8) is 0 Å². The zero-order valence-corrected chi connectivity index (χ0v) is 11.6. The Balaban J connectivity index is 1.75. The van der Waals surface area contributed by atoms with Crippen molar-refractivity contribution in [1.29, 1.82) is 0 Å². The molecule has 3 fully saturated rings. The van der Waals surface area contributed by atoms with Crippen molar-refractivity contribution < 1.29 is 14.3 Å². The quantitative estimate of drug-likeness (QED) is 0.779. The summed E-state index contributed by atoms with van der Waals surface area (Å²) in [4.78, 5) is 26.5. The Hall–Kier alpha value is -1.00. The lowest BCUT2D eigenvalue weighted by Crippen LogP contribution is -2.29. The monoisotopic (exact) mass is 276 g/mol. The molecule has 0 aromatic carbocycles. The van der Waals surface area contributed by atoms with Gasteiger partial charge in [0.2, 0.25) is 0 Å². The number of Topliss-reactive ketones (excluding diaryl/α,β-unsaturated/α-hetero) is 2. The molecule has 3 unspecified atom stereocenters. The first-order valence-corrected chi connectivity index (χ1v) is 7.89. The lowest BCUT2D eigenvalue weighted by molar-refractivity contribution is -0.127. The number of ether oxygens (including phenoxy) is 1. The summed E-state index contributed by atoms with van der Waals surface area (Å²) in [5.41, 5.74) is 0.969. The highest BCUT2D eigenvalue weighted by atomic mass is 32.1. The predicted octanol–water partition coefficient (Wildman–Crippen LogP) is 2.34. The van der Waals surface area contributed by atoms with Gasteiger partial charge in [-0.3, -0.25) is 9.59 Å². The SMILES string of the molecule is CCc1sccc1C1C(=O)[C@@H]2C3CCC(O3)[C@@H]2C1=O. The van der Waals surface area contributed by atoms with Crippen LogP contribution in [-0.2, 0) is 20.7 Å². The van der Waals surface area contributed by atoms with Crippen LogP contribution in [0.15, 0.2) is 11.4 Å². The minimum atomic E-state index is -0.497. The second-order valence-electron chi connectivity index (χ2n) is 5.73. The molecule has 2 aliphatic heterocycles. The molecule has 1 aromatic rings. The summed E-state index contributed by atoms with van der Waals surface area (Å²) in [5, 5.41) is 1.99. The van der Waals surface area contributed by atoms with Gasteiger partial charge >= 0.3 is 0 Å². The Bertz CT molecular complexity index is 533. The molecule has 19 heavy (non-hydrogen) atoms. The van der Waals surface area contributed by atoms with Crippen LogP contribution in [0.5, 0.6) is 0 Å². The van der Waals surface area contributed by atoms with Crippen LogP contribution in [0.2, 0.25) is 0 Å². The first-order valence-electron chi connectivity index (χ1n) is 7.01. The maximum atomic E-state index is 12.7. The van der Waals surface area contributed by atoms with Crippen LogP contribution in [0.1, 0.15) is 36.1 Å². The number of aryl methyl sites for hydroxylation is 1. The molecule has 1 saturated carbocycles. The van der Waals surface area contributed by atoms with Crippen molar-refractivity contribution in [1.82, 2.24) is 0 Å². The molecule has 5 atom stereocenters. The van der Waals surface area contributed by atoms with Gasteiger partial charge in [0.25, 0.3) is 0 Å². The summed E-state index contributed by atoms with van der Waals surface area (Å²) in [6.45, 7) is 2.08. The molecule has 0 radical (unpaired) electrons. The molecular weight excluding hydrogens is 260 g/mol. The zero-order valence-electron chi connectivity index (χ0n) is 10.8. The van der Waals surface area contributed by atoms with Crippen molar-refractivity contribution >= 4 is 22.9 Å². The molecule has 4 heteroatoms. The first-order chi connectivity index (χ1) is 9.22. The van der Waals surface area contributed by atoms with Crippen LogP contribution < -0.4 is 0 Å². The van der Waals surface area contributed by atoms with Gasteiger partial charge in [-0.05, 0) is 36.3 Å². The Morgan fingerprint density at radius 3 is 2.42 bits per heavy atom. The minimum Gasteiger partial charge on any atom is -0.373 e. The molecular formula is C15H16O3S. The van der Waals surface area contributed by atoms with E-state index in [1.807, 2.05) is 11.4 Å². The fourth-order valence-corrected chi connectivity index (χ4v) is 4.99. The number of carbonyl (C=O) groups is 2. The average Bonchev–Trinajstić information content (AvgIpc) is 3.14. The van der Waals surface area contributed by atoms with Gasteiger partial charge in [-0.2, -0.15) is 0 Å². The first kappa shape index (κ1) is 11.8. The van der Waals surface area contributed by atoms with Crippen molar-refractivity contribution in [3.05, 3.63) is 21.9 Å². The minimum absolute atomic E-state index is 0.0140. The van der Waals surface area contributed by atoms with Gasteiger partial charge in [0.1, 0.15) is 5.92 Å². The van der Waals surface area contributed by atoms with E-state index in [2.05, 4.69) is 6.92 Å². The standard InChI is InChI=1S/C15H16O3S/c1-2-10-7(5-6-19-10)11-14(16)12-8-3-4-9(18-8)13(12)15(11)17/h5-6,8-9,11-13H,2-4H2,1H3/t8?,9?,11?,12-,13+. The summed E-state index contributed by atoms with van der Waals surface area (Å²) >= 11 is 1.65. The van der Waals surface area contributed by atoms with E-state index in [9.17, 15) is 9.59 Å². The number of hydrogen-bond donors (Lipinski definition) is 0. The normalized spacial score (nSPS) is 40.2. The number of ketones is 2. The lowest BCUT2D eigenvalue weighted by atomic mass is 9.81. The van der Waals surface area contributed by atoms with Gasteiger partial charge in [-0.15, -0.1) is 11.3 Å². The van der Waals surface area contributed by atoms with E-state index in [0.717, 1.165) is 24.8 Å². The molecule has 3 nitrogen and oxygen atoms in total. The van der Waals surface area contributed by atoms with Crippen molar-refractivity contribution in [2.45, 2.75) is 44.3 Å². The number of thiophene rings is 1. The molecule has 0 N–H and O–H groups in total. The van der Waals surface area contributed by atoms with Gasteiger partial charge in [0.05, 0.1) is 24.0 Å². The van der Waals surface area contributed by atoms with Crippen LogP contribution in [0, 0.1) is 11.8 Å². The number of fused-ring (bicyclic) bond motifs is 5. The predicted molar refractivity (Wildman–Crippen MR) is 71.3 cm³/mol. The van der Waals surface area contributed by atoms with E-state index in [1.165, 1.54) is 4.88 Å². The fraction of sp³-hybridized carbons (Fsp3) is 0.600. The molecule has 1 aliphatic carbocycles. The number of rotatable bonds is 2. The summed E-state index contributed by atoms with van der Waals surface area (Å²) < 4.78 is 5.76. The highest BCUT2D eigenvalue weighted by Crippen LogP contribution is 2.52. The van der Waals surface area contributed by atoms with Crippen LogP contribution in [0.3, 0.4) is 0 Å². The Morgan fingerprint density at radius 2 is 1.84 bits per heavy atom. The van der Waals surface area contributed by atoms with E-state index in [-0.39, 0.29) is 35.6 Å². The Labute approximate surface area is 116 Å². The molecule has 3 aliphatic rings. The van der Waals surface area contributed by atoms with Crippen molar-refractivity contribution in [2.24, 2.45) is 11.8 Å². The van der Waals surface area contributed by atoms with Gasteiger partial charge in [0.15, 0.2) is 11.6 Å². The molecule has 2 saturated heterocycles. The van der Waals surface area contributed by atoms with E-state index in [4.69, 9.17) is 4.74 Å². The largest absolute Gasteiger partial charge is 0.373 e. The van der Waals surface area contributed by atoms with Crippen LogP contribution in [0.4, 0.5) is 0 Å². The van der Waals surface area contributed by atoms with Gasteiger partial charge in [-0.25, -0.2) is 0 Å². The molecule has 3 heterocycles. The van der Waals surface area contributed by atoms with Gasteiger partial charge in [0, 0.05) is 4.88 Å². The third kappa shape index (κ3) is 1.41. The second kappa shape index (κ2) is 4.00. The summed E-state index contributed by atoms with van der Waals surface area (Å²) in [5.74, 6) is -0.560. The van der Waals surface area contributed by atoms with Crippen molar-refractivity contribution in [2.75, 3.05) is 0 Å². The maximum absolute atomic E-state index is 12.7. The summed E-state index contributed by atoms with van der Waals surface area (Å²) in [7, 11) is 0. The lowest BCUT2D eigenvalue weighted by Gasteiger charge is -2.16. The average molecular weight is 276 g/mol. The third-order valence-electron chi connectivity index (χ3n) is 4.91. The van der Waals surface area contributed by atoms with Crippen molar-refractivity contribution in [3.8, 4) is 0 Å². The zero-order chi connectivity index (χ0) is 13.1. The summed E-state index contributed by atoms with van der Waals surface area (Å²) in [6.07, 6.45) is 2.81. The third-order valence-corrected chi connectivity index (χ3v) is 5.99. The van der Waals surface area contributed by atoms with Crippen LogP contribution in [0.25, 0.3) is 0 Å². The number of hydrogen-bond acceptors (Lipinski definition) is 4. The van der Waals surface area contributed by atoms with E-state index in [0.29, 0.717) is 0 Å². The molecule has 100 valence electrons. The van der Waals surface area contributed by atoms with Gasteiger partial charge < -0.3 is 4.74 Å². The fourth-order valence-electron chi connectivity index (χ4n) is 4.13. The topological polar surface area (TPSA) is 43.4 Å². The second-order valence-corrected chi connectivity index (χ2v) is 6.73. The van der Waals surface area contributed by atoms with E-state index < -0.39 is 5.92 Å². The summed E-state index contributed by atoms with van der Waals surface area (Å²) in [6, 6.07) is 1.97. The molecule has 1 aromatic heterocycles. The molecule has 2 bridgehead atoms. The maximum Gasteiger partial charge on any atom is 0.154 e. The number of carbonyl (C=O) groups excluding carboxylic acids is 2. The Kier molecular flexibility index (Phi) is 2.48. The highest BCUT2D eigenvalue weighted by molar-refractivity contribution is 7.10. The highest BCUT2D eigenvalue weighted by Gasteiger charge is 2.63. The van der Waals surface area contributed by atoms with Crippen LogP contribution in [-0.4, -0.2) is 23.8 Å². The van der Waals surface area contributed by atoms with Gasteiger partial charge in [-0.1, -0.05) is 6.92 Å². The smallest absolute Gasteiger partial charge is 0.154 e. The Morgan fingerprint density at radius 1 is 1.21 bits per heavy atom. The molecule has 4 rings (SSSR count). The van der Waals surface area contributed by atoms with E-state index in [1.54, 1.807) is 11.3 Å².